The van der Waals surface area contributed by atoms with Crippen LogP contribution in [-0.4, -0.2) is 25.5 Å². The van der Waals surface area contributed by atoms with Gasteiger partial charge in [-0.15, -0.1) is 0 Å². The highest BCUT2D eigenvalue weighted by Crippen LogP contribution is 2.10. The fourth-order valence-electron chi connectivity index (χ4n) is 2.49. The van der Waals surface area contributed by atoms with Crippen LogP contribution in [0, 0.1) is 0 Å². The van der Waals surface area contributed by atoms with Crippen molar-refractivity contribution in [3.05, 3.63) is 70.2 Å². The third-order valence-electron chi connectivity index (χ3n) is 4.06. The van der Waals surface area contributed by atoms with E-state index in [0.29, 0.717) is 31.2 Å². The van der Waals surface area contributed by atoms with E-state index in [4.69, 9.17) is 11.6 Å². The minimum absolute atomic E-state index is 0.0260. The molecule has 0 aliphatic heterocycles. The number of unbranched alkanes of at least 4 members (excludes halogenated alkanes) is 1. The van der Waals surface area contributed by atoms with Gasteiger partial charge < -0.3 is 16.0 Å². The Kier molecular flexibility index (Phi) is 8.65. The van der Waals surface area contributed by atoms with Crippen LogP contribution < -0.4 is 16.0 Å². The number of nitrogens with zero attached hydrogens (tertiary/aromatic N) is 1. The van der Waals surface area contributed by atoms with E-state index in [2.05, 4.69) is 27.9 Å². The first-order valence-electron chi connectivity index (χ1n) is 9.18. The summed E-state index contributed by atoms with van der Waals surface area (Å²) in [7, 11) is 1.73. The van der Waals surface area contributed by atoms with Gasteiger partial charge in [0.2, 0.25) is 0 Å². The Morgan fingerprint density at radius 1 is 1.00 bits per heavy atom. The second-order valence-electron chi connectivity index (χ2n) is 6.22. The zero-order valence-electron chi connectivity index (χ0n) is 15.9. The van der Waals surface area contributed by atoms with E-state index in [0.717, 1.165) is 29.0 Å². The molecule has 0 bridgehead atoms. The van der Waals surface area contributed by atoms with Crippen LogP contribution in [0.15, 0.2) is 53.5 Å². The van der Waals surface area contributed by atoms with Gasteiger partial charge in [0.25, 0.3) is 5.91 Å². The van der Waals surface area contributed by atoms with Gasteiger partial charge in [-0.1, -0.05) is 49.2 Å². The second-order valence-corrected chi connectivity index (χ2v) is 6.65. The molecule has 27 heavy (non-hydrogen) atoms. The first-order chi connectivity index (χ1) is 13.1. The highest BCUT2D eigenvalue weighted by Gasteiger charge is 2.05. The Morgan fingerprint density at radius 3 is 2.33 bits per heavy atom. The number of guanidine groups is 1. The fraction of sp³-hybridized carbons (Fsp3) is 0.333. The maximum Gasteiger partial charge on any atom is 0.251 e. The Bertz CT molecular complexity index is 759. The maximum atomic E-state index is 12.0. The average Bonchev–Trinajstić information content (AvgIpc) is 2.69. The molecule has 5 nitrogen and oxygen atoms in total. The summed E-state index contributed by atoms with van der Waals surface area (Å²) in [6.07, 6.45) is 2.06. The number of amides is 1. The minimum Gasteiger partial charge on any atom is -0.352 e. The zero-order chi connectivity index (χ0) is 19.5. The van der Waals surface area contributed by atoms with E-state index in [1.54, 1.807) is 7.05 Å². The zero-order valence-corrected chi connectivity index (χ0v) is 16.6. The number of nitrogens with one attached hydrogen (secondary N) is 3. The van der Waals surface area contributed by atoms with E-state index >= 15 is 0 Å². The van der Waals surface area contributed by atoms with Gasteiger partial charge in [0.1, 0.15) is 0 Å². The lowest BCUT2D eigenvalue weighted by Gasteiger charge is -2.12. The summed E-state index contributed by atoms with van der Waals surface area (Å²) in [4.78, 5) is 16.2. The first-order valence-corrected chi connectivity index (χ1v) is 9.56. The monoisotopic (exact) mass is 386 g/mol. The summed E-state index contributed by atoms with van der Waals surface area (Å²) in [6.45, 7) is 4.07. The molecule has 2 aromatic carbocycles. The number of rotatable bonds is 8. The van der Waals surface area contributed by atoms with Crippen LogP contribution in [0.1, 0.15) is 41.3 Å². The van der Waals surface area contributed by atoms with E-state index in [-0.39, 0.29) is 5.91 Å². The fourth-order valence-corrected chi connectivity index (χ4v) is 2.71. The number of hydrogen-bond donors (Lipinski definition) is 3. The van der Waals surface area contributed by atoms with Crippen molar-refractivity contribution in [2.24, 2.45) is 4.99 Å². The summed E-state index contributed by atoms with van der Waals surface area (Å²) in [5.74, 6) is 0.679. The molecule has 2 aromatic rings. The SMILES string of the molecule is CCCCNC(=O)c1ccc(CNC(=NC)NCc2cccc(Cl)c2)cc1. The molecule has 0 spiro atoms. The van der Waals surface area contributed by atoms with E-state index in [1.165, 1.54) is 0 Å². The summed E-state index contributed by atoms with van der Waals surface area (Å²) >= 11 is 6.00. The summed E-state index contributed by atoms with van der Waals surface area (Å²) in [6, 6.07) is 15.3. The maximum absolute atomic E-state index is 12.0. The molecule has 0 aromatic heterocycles. The molecule has 0 heterocycles. The highest BCUT2D eigenvalue weighted by molar-refractivity contribution is 6.30. The molecule has 0 radical (unpaired) electrons. The standard InChI is InChI=1S/C21H27ClN4O/c1-3-4-12-24-20(27)18-10-8-16(9-11-18)14-25-21(23-2)26-15-17-6-5-7-19(22)13-17/h5-11,13H,3-4,12,14-15H2,1-2H3,(H,24,27)(H2,23,25,26). The molecule has 0 aliphatic carbocycles. The predicted octanol–water partition coefficient (Wildman–Crippen LogP) is 3.74. The molecule has 0 saturated carbocycles. The lowest BCUT2D eigenvalue weighted by molar-refractivity contribution is 0.0953. The second kappa shape index (κ2) is 11.2. The third kappa shape index (κ3) is 7.31. The number of halogens is 1. The molecule has 0 unspecified atom stereocenters. The lowest BCUT2D eigenvalue weighted by atomic mass is 10.1. The smallest absolute Gasteiger partial charge is 0.251 e. The highest BCUT2D eigenvalue weighted by atomic mass is 35.5. The third-order valence-corrected chi connectivity index (χ3v) is 4.30. The molecule has 3 N–H and O–H groups in total. The van der Waals surface area contributed by atoms with Crippen molar-refractivity contribution in [1.82, 2.24) is 16.0 Å². The van der Waals surface area contributed by atoms with E-state index < -0.39 is 0 Å². The number of carbonyl (C=O) groups is 1. The van der Waals surface area contributed by atoms with Gasteiger partial charge in [0.15, 0.2) is 5.96 Å². The molecule has 1 amide bonds. The molecule has 0 saturated heterocycles. The van der Waals surface area contributed by atoms with Crippen LogP contribution in [0.25, 0.3) is 0 Å². The topological polar surface area (TPSA) is 65.5 Å². The molecule has 144 valence electrons. The van der Waals surface area contributed by atoms with Gasteiger partial charge in [-0.05, 0) is 41.8 Å². The van der Waals surface area contributed by atoms with Gasteiger partial charge >= 0.3 is 0 Å². The molecular weight excluding hydrogens is 360 g/mol. The normalized spacial score (nSPS) is 11.1. The summed E-state index contributed by atoms with van der Waals surface area (Å²) < 4.78 is 0. The quantitative estimate of drug-likeness (QED) is 0.368. The van der Waals surface area contributed by atoms with E-state index in [9.17, 15) is 4.79 Å². The molecule has 0 aliphatic rings. The van der Waals surface area contributed by atoms with Crippen molar-refractivity contribution in [2.75, 3.05) is 13.6 Å². The van der Waals surface area contributed by atoms with Crippen LogP contribution in [0.3, 0.4) is 0 Å². The molecule has 0 fully saturated rings. The predicted molar refractivity (Wildman–Crippen MR) is 112 cm³/mol. The van der Waals surface area contributed by atoms with Crippen LogP contribution in [0.4, 0.5) is 0 Å². The molecule has 6 heteroatoms. The van der Waals surface area contributed by atoms with E-state index in [1.807, 2.05) is 48.5 Å². The van der Waals surface area contributed by atoms with Crippen molar-refractivity contribution in [2.45, 2.75) is 32.9 Å². The van der Waals surface area contributed by atoms with Crippen molar-refractivity contribution >= 4 is 23.5 Å². The molecular formula is C21H27ClN4O. The Balaban J connectivity index is 1.81. The van der Waals surface area contributed by atoms with Crippen molar-refractivity contribution in [3.63, 3.8) is 0 Å². The van der Waals surface area contributed by atoms with Crippen LogP contribution in [0.2, 0.25) is 5.02 Å². The largest absolute Gasteiger partial charge is 0.352 e. The minimum atomic E-state index is -0.0260. The van der Waals surface area contributed by atoms with Crippen LogP contribution in [-0.2, 0) is 13.1 Å². The van der Waals surface area contributed by atoms with Gasteiger partial charge in [-0.25, -0.2) is 0 Å². The lowest BCUT2D eigenvalue weighted by Crippen LogP contribution is -2.36. The number of carbonyl (C=O) groups excluding carboxylic acids is 1. The van der Waals surface area contributed by atoms with Gasteiger partial charge in [0.05, 0.1) is 0 Å². The number of aliphatic imine (C=N–C) groups is 1. The summed E-state index contributed by atoms with van der Waals surface area (Å²) in [5.41, 5.74) is 2.84. The Labute approximate surface area is 166 Å². The molecule has 0 atom stereocenters. The van der Waals surface area contributed by atoms with Gasteiger partial charge in [-0.2, -0.15) is 0 Å². The van der Waals surface area contributed by atoms with Crippen molar-refractivity contribution < 1.29 is 4.79 Å². The van der Waals surface area contributed by atoms with Crippen molar-refractivity contribution in [3.8, 4) is 0 Å². The molecule has 2 rings (SSSR count). The summed E-state index contributed by atoms with van der Waals surface area (Å²) in [5, 5.41) is 10.2. The first kappa shape index (κ1) is 20.8. The van der Waals surface area contributed by atoms with Crippen LogP contribution >= 0.6 is 11.6 Å². The Morgan fingerprint density at radius 2 is 1.70 bits per heavy atom. The van der Waals surface area contributed by atoms with Crippen LogP contribution in [0.5, 0.6) is 0 Å². The Hall–Kier alpha value is -2.53. The van der Waals surface area contributed by atoms with Gasteiger partial charge in [-0.3, -0.25) is 9.79 Å². The average molecular weight is 387 g/mol. The van der Waals surface area contributed by atoms with Crippen molar-refractivity contribution in [1.29, 1.82) is 0 Å². The van der Waals surface area contributed by atoms with Gasteiger partial charge in [0, 0.05) is 37.3 Å². The number of benzene rings is 2. The number of hydrogen-bond acceptors (Lipinski definition) is 2.